The SMILES string of the molecule is CC1(C)NC(=O)N(CCC(=O)OCC(=O)Nc2sc3c(c2C(N)=O)CCCC3)C1=O. The number of esters is 1. The monoisotopic (exact) mass is 436 g/mol. The van der Waals surface area contributed by atoms with Crippen molar-refractivity contribution in [2.24, 2.45) is 5.73 Å². The molecule has 3 rings (SSSR count). The van der Waals surface area contributed by atoms with Crippen LogP contribution in [-0.2, 0) is 32.0 Å². The number of carbonyl (C=O) groups excluding carboxylic acids is 5. The van der Waals surface area contributed by atoms with Gasteiger partial charge in [-0.1, -0.05) is 0 Å². The molecule has 4 N–H and O–H groups in total. The van der Waals surface area contributed by atoms with Crippen molar-refractivity contribution < 1.29 is 28.7 Å². The first-order valence-electron chi connectivity index (χ1n) is 9.64. The van der Waals surface area contributed by atoms with Crippen LogP contribution in [0, 0.1) is 0 Å². The zero-order chi connectivity index (χ0) is 22.1. The Bertz CT molecular complexity index is 922. The summed E-state index contributed by atoms with van der Waals surface area (Å²) in [6, 6.07) is -0.573. The van der Waals surface area contributed by atoms with E-state index in [0.717, 1.165) is 41.0 Å². The zero-order valence-electron chi connectivity index (χ0n) is 16.8. The summed E-state index contributed by atoms with van der Waals surface area (Å²) in [4.78, 5) is 61.8. The Morgan fingerprint density at radius 2 is 1.93 bits per heavy atom. The molecule has 10 nitrogen and oxygen atoms in total. The van der Waals surface area contributed by atoms with E-state index in [2.05, 4.69) is 10.6 Å². The van der Waals surface area contributed by atoms with E-state index >= 15 is 0 Å². The highest BCUT2D eigenvalue weighted by Crippen LogP contribution is 2.37. The number of primary amides is 1. The van der Waals surface area contributed by atoms with Crippen molar-refractivity contribution in [3.8, 4) is 0 Å². The molecule has 0 saturated carbocycles. The third kappa shape index (κ3) is 4.45. The van der Waals surface area contributed by atoms with Crippen LogP contribution in [0.15, 0.2) is 0 Å². The fourth-order valence-electron chi connectivity index (χ4n) is 3.52. The van der Waals surface area contributed by atoms with Crippen LogP contribution in [0.2, 0.25) is 0 Å². The Kier molecular flexibility index (Phi) is 6.11. The molecule has 5 amide bonds. The lowest BCUT2D eigenvalue weighted by atomic mass is 9.95. The number of amides is 5. The number of aryl methyl sites for hydroxylation is 1. The maximum absolute atomic E-state index is 12.2. The van der Waals surface area contributed by atoms with E-state index in [4.69, 9.17) is 10.5 Å². The van der Waals surface area contributed by atoms with Crippen molar-refractivity contribution in [2.75, 3.05) is 18.5 Å². The van der Waals surface area contributed by atoms with Crippen LogP contribution < -0.4 is 16.4 Å². The minimum absolute atomic E-state index is 0.141. The summed E-state index contributed by atoms with van der Waals surface area (Å²) >= 11 is 1.32. The molecule has 2 heterocycles. The molecule has 0 unspecified atom stereocenters. The van der Waals surface area contributed by atoms with E-state index in [1.165, 1.54) is 11.3 Å². The quantitative estimate of drug-likeness (QED) is 0.428. The van der Waals surface area contributed by atoms with Crippen LogP contribution in [0.5, 0.6) is 0 Å². The number of rotatable bonds is 7. The Labute approximate surface area is 177 Å². The van der Waals surface area contributed by atoms with Crippen LogP contribution >= 0.6 is 11.3 Å². The van der Waals surface area contributed by atoms with Crippen LogP contribution in [-0.4, -0.2) is 53.3 Å². The summed E-state index contributed by atoms with van der Waals surface area (Å²) in [6.07, 6.45) is 3.33. The number of ether oxygens (including phenoxy) is 1. The summed E-state index contributed by atoms with van der Waals surface area (Å²) in [5, 5.41) is 5.49. The Hall–Kier alpha value is -2.95. The van der Waals surface area contributed by atoms with Crippen molar-refractivity contribution in [2.45, 2.75) is 51.5 Å². The number of anilines is 1. The van der Waals surface area contributed by atoms with Crippen molar-refractivity contribution in [1.29, 1.82) is 0 Å². The van der Waals surface area contributed by atoms with E-state index in [1.54, 1.807) is 13.8 Å². The second-order valence-electron chi connectivity index (χ2n) is 7.75. The number of nitrogens with two attached hydrogens (primary N) is 1. The number of hydrogen-bond acceptors (Lipinski definition) is 7. The summed E-state index contributed by atoms with van der Waals surface area (Å²) < 4.78 is 4.93. The molecular formula is C19H24N4O6S. The van der Waals surface area contributed by atoms with Gasteiger partial charge in [-0.3, -0.25) is 24.1 Å². The lowest BCUT2D eigenvalue weighted by molar-refractivity contribution is -0.147. The Balaban J connectivity index is 1.51. The first-order chi connectivity index (χ1) is 14.1. The largest absolute Gasteiger partial charge is 0.456 e. The molecule has 1 fully saturated rings. The lowest BCUT2D eigenvalue weighted by Gasteiger charge is -2.15. The molecule has 1 aromatic rings. The van der Waals surface area contributed by atoms with Gasteiger partial charge >= 0.3 is 12.0 Å². The number of thiophene rings is 1. The summed E-state index contributed by atoms with van der Waals surface area (Å²) in [7, 11) is 0. The van der Waals surface area contributed by atoms with Gasteiger partial charge in [0.1, 0.15) is 10.5 Å². The van der Waals surface area contributed by atoms with Crippen molar-refractivity contribution in [3.05, 3.63) is 16.0 Å². The number of hydrogen-bond donors (Lipinski definition) is 3. The minimum atomic E-state index is -1.01. The Morgan fingerprint density at radius 1 is 1.23 bits per heavy atom. The van der Waals surface area contributed by atoms with E-state index in [1.807, 2.05) is 0 Å². The number of nitrogens with one attached hydrogen (secondary N) is 2. The van der Waals surface area contributed by atoms with E-state index < -0.39 is 41.9 Å². The normalized spacial score (nSPS) is 17.3. The third-order valence-corrected chi connectivity index (χ3v) is 6.23. The molecule has 0 spiro atoms. The molecule has 0 atom stereocenters. The maximum atomic E-state index is 12.2. The molecule has 0 radical (unpaired) electrons. The van der Waals surface area contributed by atoms with Crippen LogP contribution in [0.1, 0.15) is 53.9 Å². The third-order valence-electron chi connectivity index (χ3n) is 5.02. The molecule has 1 aliphatic heterocycles. The van der Waals surface area contributed by atoms with Gasteiger partial charge in [-0.05, 0) is 45.1 Å². The second-order valence-corrected chi connectivity index (χ2v) is 8.86. The molecule has 0 aromatic carbocycles. The first kappa shape index (κ1) is 21.8. The molecule has 30 heavy (non-hydrogen) atoms. The fourth-order valence-corrected chi connectivity index (χ4v) is 4.83. The van der Waals surface area contributed by atoms with Crippen molar-refractivity contribution in [3.63, 3.8) is 0 Å². The fraction of sp³-hybridized carbons (Fsp3) is 0.526. The predicted octanol–water partition coefficient (Wildman–Crippen LogP) is 0.928. The molecule has 2 aliphatic rings. The first-order valence-corrected chi connectivity index (χ1v) is 10.5. The average Bonchev–Trinajstić information content (AvgIpc) is 3.12. The molecule has 1 aliphatic carbocycles. The van der Waals surface area contributed by atoms with E-state index in [0.29, 0.717) is 10.6 Å². The maximum Gasteiger partial charge on any atom is 0.325 e. The summed E-state index contributed by atoms with van der Waals surface area (Å²) in [5.74, 6) is -2.35. The molecular weight excluding hydrogens is 412 g/mol. The average molecular weight is 436 g/mol. The summed E-state index contributed by atoms with van der Waals surface area (Å²) in [6.45, 7) is 2.45. The summed E-state index contributed by atoms with van der Waals surface area (Å²) in [5.41, 5.74) is 5.69. The standard InChI is InChI=1S/C19H24N4O6S/c1-19(2)17(27)23(18(28)22-19)8-7-13(25)29-9-12(24)21-16-14(15(20)26)10-5-3-4-6-11(10)30-16/h3-9H2,1-2H3,(H2,20,26)(H,21,24)(H,22,28). The van der Waals surface area contributed by atoms with Crippen molar-refractivity contribution in [1.82, 2.24) is 10.2 Å². The Morgan fingerprint density at radius 3 is 2.57 bits per heavy atom. The lowest BCUT2D eigenvalue weighted by Crippen LogP contribution is -2.40. The van der Waals surface area contributed by atoms with Gasteiger partial charge in [-0.25, -0.2) is 4.79 Å². The van der Waals surface area contributed by atoms with Crippen molar-refractivity contribution >= 4 is 46.1 Å². The molecule has 0 bridgehead atoms. The number of imide groups is 1. The topological polar surface area (TPSA) is 148 Å². The van der Waals surface area contributed by atoms with Gasteiger partial charge in [0, 0.05) is 11.4 Å². The van der Waals surface area contributed by atoms with Gasteiger partial charge in [-0.15, -0.1) is 11.3 Å². The van der Waals surface area contributed by atoms with Crippen LogP contribution in [0.4, 0.5) is 9.80 Å². The molecule has 1 saturated heterocycles. The molecule has 11 heteroatoms. The number of fused-ring (bicyclic) bond motifs is 1. The smallest absolute Gasteiger partial charge is 0.325 e. The van der Waals surface area contributed by atoms with Crippen LogP contribution in [0.3, 0.4) is 0 Å². The highest BCUT2D eigenvalue weighted by Gasteiger charge is 2.44. The van der Waals surface area contributed by atoms with Gasteiger partial charge in [0.25, 0.3) is 17.7 Å². The second kappa shape index (κ2) is 8.42. The van der Waals surface area contributed by atoms with Gasteiger partial charge in [-0.2, -0.15) is 0 Å². The van der Waals surface area contributed by atoms with E-state index in [-0.39, 0.29) is 13.0 Å². The number of carbonyl (C=O) groups is 5. The zero-order valence-corrected chi connectivity index (χ0v) is 17.6. The molecule has 162 valence electrons. The number of urea groups is 1. The van der Waals surface area contributed by atoms with Gasteiger partial charge in [0.05, 0.1) is 12.0 Å². The molecule has 1 aromatic heterocycles. The highest BCUT2D eigenvalue weighted by atomic mass is 32.1. The number of nitrogens with zero attached hydrogens (tertiary/aromatic N) is 1. The van der Waals surface area contributed by atoms with Gasteiger partial charge < -0.3 is 21.1 Å². The van der Waals surface area contributed by atoms with Gasteiger partial charge in [0.15, 0.2) is 6.61 Å². The van der Waals surface area contributed by atoms with Gasteiger partial charge in [0.2, 0.25) is 0 Å². The predicted molar refractivity (Wildman–Crippen MR) is 108 cm³/mol. The van der Waals surface area contributed by atoms with E-state index in [9.17, 15) is 24.0 Å². The van der Waals surface area contributed by atoms with Crippen LogP contribution in [0.25, 0.3) is 0 Å². The highest BCUT2D eigenvalue weighted by molar-refractivity contribution is 7.17. The minimum Gasteiger partial charge on any atom is -0.456 e.